The number of anilines is 1. The van der Waals surface area contributed by atoms with Crippen molar-refractivity contribution >= 4 is 5.69 Å². The Kier molecular flexibility index (Phi) is 6.25. The number of hydrogen-bond acceptors (Lipinski definition) is 4. The van der Waals surface area contributed by atoms with Gasteiger partial charge in [-0.15, -0.1) is 0 Å². The van der Waals surface area contributed by atoms with Gasteiger partial charge in [-0.1, -0.05) is 18.2 Å². The summed E-state index contributed by atoms with van der Waals surface area (Å²) in [6.45, 7) is 8.51. The van der Waals surface area contributed by atoms with E-state index in [0.717, 1.165) is 62.6 Å². The molecule has 0 radical (unpaired) electrons. The Morgan fingerprint density at radius 2 is 1.84 bits per heavy atom. The molecule has 5 nitrogen and oxygen atoms in total. The van der Waals surface area contributed by atoms with Crippen LogP contribution in [0.5, 0.6) is 0 Å². The van der Waals surface area contributed by atoms with E-state index in [0.29, 0.717) is 6.54 Å². The summed E-state index contributed by atoms with van der Waals surface area (Å²) in [5, 5.41) is 3.47. The molecule has 2 aromatic rings. The summed E-state index contributed by atoms with van der Waals surface area (Å²) < 4.78 is 7.11. The minimum absolute atomic E-state index is 0.0379. The molecule has 0 unspecified atom stereocenters. The highest BCUT2D eigenvalue weighted by atomic mass is 16.5. The number of aromatic nitrogens is 1. The lowest BCUT2D eigenvalue weighted by molar-refractivity contribution is 0.0378. The second-order valence-corrected chi connectivity index (χ2v) is 6.60. The van der Waals surface area contributed by atoms with Crippen LogP contribution in [0.3, 0.4) is 0 Å². The lowest BCUT2D eigenvalue weighted by atomic mass is 10.2. The zero-order valence-corrected chi connectivity index (χ0v) is 14.9. The Balaban J connectivity index is 1.45. The van der Waals surface area contributed by atoms with Gasteiger partial charge in [-0.05, 0) is 43.1 Å². The summed E-state index contributed by atoms with van der Waals surface area (Å²) in [6.07, 6.45) is 3.03. The van der Waals surface area contributed by atoms with Gasteiger partial charge in [0, 0.05) is 37.6 Å². The minimum atomic E-state index is 0.0379. The van der Waals surface area contributed by atoms with Crippen molar-refractivity contribution in [2.45, 2.75) is 19.9 Å². The van der Waals surface area contributed by atoms with Crippen molar-refractivity contribution in [3.8, 4) is 0 Å². The van der Waals surface area contributed by atoms with Gasteiger partial charge >= 0.3 is 0 Å². The van der Waals surface area contributed by atoms with E-state index in [9.17, 15) is 4.79 Å². The van der Waals surface area contributed by atoms with Crippen molar-refractivity contribution in [1.29, 1.82) is 0 Å². The molecule has 0 saturated carbocycles. The van der Waals surface area contributed by atoms with Gasteiger partial charge in [-0.25, -0.2) is 0 Å². The molecule has 0 spiro atoms. The van der Waals surface area contributed by atoms with Crippen LogP contribution in [0.25, 0.3) is 0 Å². The Bertz CT molecular complexity index is 718. The minimum Gasteiger partial charge on any atom is -0.385 e. The topological polar surface area (TPSA) is 46.5 Å². The SMILES string of the molecule is Cc1ccc(=O)n(Cc2ccc(NCCCN3CCOCC3)cc2)c1. The first-order valence-electron chi connectivity index (χ1n) is 9.01. The van der Waals surface area contributed by atoms with Gasteiger partial charge < -0.3 is 14.6 Å². The van der Waals surface area contributed by atoms with E-state index in [2.05, 4.69) is 34.5 Å². The first-order valence-corrected chi connectivity index (χ1v) is 9.01. The third-order valence-corrected chi connectivity index (χ3v) is 4.52. The normalized spacial score (nSPS) is 15.2. The van der Waals surface area contributed by atoms with E-state index >= 15 is 0 Å². The quantitative estimate of drug-likeness (QED) is 0.785. The summed E-state index contributed by atoms with van der Waals surface area (Å²) in [4.78, 5) is 14.3. The van der Waals surface area contributed by atoms with Crippen LogP contribution in [0.15, 0.2) is 47.4 Å². The molecule has 25 heavy (non-hydrogen) atoms. The van der Waals surface area contributed by atoms with Crippen LogP contribution in [0, 0.1) is 6.92 Å². The van der Waals surface area contributed by atoms with Crippen LogP contribution in [-0.2, 0) is 11.3 Å². The lowest BCUT2D eigenvalue weighted by Gasteiger charge is -2.26. The van der Waals surface area contributed by atoms with E-state index in [4.69, 9.17) is 4.74 Å². The third kappa shape index (κ3) is 5.44. The molecule has 0 aliphatic carbocycles. The first-order chi connectivity index (χ1) is 12.2. The highest BCUT2D eigenvalue weighted by Gasteiger charge is 2.08. The van der Waals surface area contributed by atoms with Crippen molar-refractivity contribution in [3.63, 3.8) is 0 Å². The van der Waals surface area contributed by atoms with Crippen LogP contribution in [0.4, 0.5) is 5.69 Å². The highest BCUT2D eigenvalue weighted by molar-refractivity contribution is 5.44. The van der Waals surface area contributed by atoms with Crippen LogP contribution in [0.1, 0.15) is 17.5 Å². The van der Waals surface area contributed by atoms with Crippen molar-refractivity contribution < 1.29 is 4.74 Å². The number of benzene rings is 1. The second-order valence-electron chi connectivity index (χ2n) is 6.60. The van der Waals surface area contributed by atoms with Gasteiger partial charge in [-0.2, -0.15) is 0 Å². The molecule has 1 aromatic heterocycles. The molecule has 134 valence electrons. The number of morpholine rings is 1. The Labute approximate surface area is 149 Å². The molecule has 0 atom stereocenters. The van der Waals surface area contributed by atoms with Crippen molar-refractivity contribution in [2.75, 3.05) is 44.7 Å². The fourth-order valence-corrected chi connectivity index (χ4v) is 3.06. The molecule has 1 aliphatic heterocycles. The van der Waals surface area contributed by atoms with E-state index < -0.39 is 0 Å². The molecule has 1 fully saturated rings. The summed E-state index contributed by atoms with van der Waals surface area (Å²) in [6, 6.07) is 11.8. The molecular weight excluding hydrogens is 314 g/mol. The van der Waals surface area contributed by atoms with Crippen molar-refractivity contribution in [1.82, 2.24) is 9.47 Å². The summed E-state index contributed by atoms with van der Waals surface area (Å²) in [7, 11) is 0. The number of pyridine rings is 1. The van der Waals surface area contributed by atoms with E-state index in [-0.39, 0.29) is 5.56 Å². The fourth-order valence-electron chi connectivity index (χ4n) is 3.06. The monoisotopic (exact) mass is 341 g/mol. The molecule has 0 amide bonds. The van der Waals surface area contributed by atoms with E-state index in [1.807, 2.05) is 19.2 Å². The predicted octanol–water partition coefficient (Wildman–Crippen LogP) is 2.34. The molecule has 2 heterocycles. The molecule has 0 bridgehead atoms. The van der Waals surface area contributed by atoms with Crippen LogP contribution in [-0.4, -0.2) is 48.9 Å². The van der Waals surface area contributed by atoms with Crippen LogP contribution >= 0.6 is 0 Å². The van der Waals surface area contributed by atoms with Crippen molar-refractivity contribution in [2.24, 2.45) is 0 Å². The van der Waals surface area contributed by atoms with Gasteiger partial charge in [0.1, 0.15) is 0 Å². The predicted molar refractivity (Wildman–Crippen MR) is 101 cm³/mol. The smallest absolute Gasteiger partial charge is 0.250 e. The number of ether oxygens (including phenoxy) is 1. The number of rotatable bonds is 7. The second kappa shape index (κ2) is 8.83. The Hall–Kier alpha value is -2.11. The largest absolute Gasteiger partial charge is 0.385 e. The number of aryl methyl sites for hydroxylation is 1. The Morgan fingerprint density at radius 3 is 2.60 bits per heavy atom. The molecular formula is C20H27N3O2. The van der Waals surface area contributed by atoms with E-state index in [1.165, 1.54) is 0 Å². The van der Waals surface area contributed by atoms with Gasteiger partial charge in [0.25, 0.3) is 5.56 Å². The van der Waals surface area contributed by atoms with Gasteiger partial charge in [0.15, 0.2) is 0 Å². The van der Waals surface area contributed by atoms with Gasteiger partial charge in [0.05, 0.1) is 19.8 Å². The van der Waals surface area contributed by atoms with Gasteiger partial charge in [-0.3, -0.25) is 9.69 Å². The standard InChI is InChI=1S/C20H27N3O2/c1-17-3-8-20(24)23(15-17)16-18-4-6-19(7-5-18)21-9-2-10-22-11-13-25-14-12-22/h3-8,15,21H,2,9-14,16H2,1H3. The maximum absolute atomic E-state index is 11.9. The Morgan fingerprint density at radius 1 is 1.08 bits per heavy atom. The molecule has 1 N–H and O–H groups in total. The van der Waals surface area contributed by atoms with Crippen LogP contribution in [0.2, 0.25) is 0 Å². The average Bonchev–Trinajstić information content (AvgIpc) is 2.64. The van der Waals surface area contributed by atoms with Crippen molar-refractivity contribution in [3.05, 3.63) is 64.1 Å². The average molecular weight is 341 g/mol. The summed E-state index contributed by atoms with van der Waals surface area (Å²) >= 11 is 0. The zero-order chi connectivity index (χ0) is 17.5. The number of nitrogens with zero attached hydrogens (tertiary/aromatic N) is 2. The molecule has 1 aliphatic rings. The third-order valence-electron chi connectivity index (χ3n) is 4.52. The number of nitrogens with one attached hydrogen (secondary N) is 1. The molecule has 1 saturated heterocycles. The lowest BCUT2D eigenvalue weighted by Crippen LogP contribution is -2.37. The molecule has 1 aromatic carbocycles. The summed E-state index contributed by atoms with van der Waals surface area (Å²) in [5.74, 6) is 0. The molecule has 3 rings (SSSR count). The number of hydrogen-bond donors (Lipinski definition) is 1. The zero-order valence-electron chi connectivity index (χ0n) is 14.9. The maximum Gasteiger partial charge on any atom is 0.250 e. The molecule has 5 heteroatoms. The van der Waals surface area contributed by atoms with Gasteiger partial charge in [0.2, 0.25) is 0 Å². The fraction of sp³-hybridized carbons (Fsp3) is 0.450. The first kappa shape index (κ1) is 17.7. The van der Waals surface area contributed by atoms with E-state index in [1.54, 1.807) is 10.6 Å². The summed E-state index contributed by atoms with van der Waals surface area (Å²) in [5.41, 5.74) is 3.39. The van der Waals surface area contributed by atoms with Crippen LogP contribution < -0.4 is 10.9 Å². The maximum atomic E-state index is 11.9. The highest BCUT2D eigenvalue weighted by Crippen LogP contribution is 2.11.